The van der Waals surface area contributed by atoms with Crippen molar-refractivity contribution in [2.75, 3.05) is 37.8 Å². The number of H-pyrrole nitrogens is 1. The first-order chi connectivity index (χ1) is 10.9. The van der Waals surface area contributed by atoms with Gasteiger partial charge < -0.3 is 14.4 Å². The second-order valence-corrected chi connectivity index (χ2v) is 5.31. The van der Waals surface area contributed by atoms with Gasteiger partial charge in [-0.3, -0.25) is 5.10 Å². The number of aromatic amines is 1. The summed E-state index contributed by atoms with van der Waals surface area (Å²) in [6.07, 6.45) is 2.19. The van der Waals surface area contributed by atoms with Crippen molar-refractivity contribution in [3.05, 3.63) is 24.3 Å². The lowest BCUT2D eigenvalue weighted by atomic mass is 10.2. The molecule has 118 valence electrons. The molecule has 0 radical (unpaired) electrons. The summed E-state index contributed by atoms with van der Waals surface area (Å²) in [5.74, 6) is 2.37. The fraction of sp³-hybridized carbons (Fsp3) is 0.500. The van der Waals surface area contributed by atoms with Gasteiger partial charge in [0.1, 0.15) is 5.75 Å². The van der Waals surface area contributed by atoms with Crippen molar-refractivity contribution in [1.82, 2.24) is 15.2 Å². The van der Waals surface area contributed by atoms with Crippen LogP contribution in [-0.2, 0) is 4.74 Å². The Morgan fingerprint density at radius 1 is 1.32 bits per heavy atom. The van der Waals surface area contributed by atoms with E-state index in [4.69, 9.17) is 9.47 Å². The van der Waals surface area contributed by atoms with E-state index in [2.05, 4.69) is 27.0 Å². The van der Waals surface area contributed by atoms with Crippen molar-refractivity contribution in [1.29, 1.82) is 0 Å². The van der Waals surface area contributed by atoms with Gasteiger partial charge in [-0.1, -0.05) is 25.5 Å². The molecule has 0 unspecified atom stereocenters. The highest BCUT2D eigenvalue weighted by molar-refractivity contribution is 5.58. The Morgan fingerprint density at radius 2 is 2.18 bits per heavy atom. The molecular formula is C16H22N4O2. The Hall–Kier alpha value is -2.08. The Morgan fingerprint density at radius 3 is 3.00 bits per heavy atom. The second kappa shape index (κ2) is 7.26. The molecule has 1 aromatic heterocycles. The molecule has 1 aliphatic rings. The van der Waals surface area contributed by atoms with Crippen LogP contribution in [0.2, 0.25) is 0 Å². The third kappa shape index (κ3) is 3.57. The van der Waals surface area contributed by atoms with Gasteiger partial charge in [0.05, 0.1) is 19.8 Å². The number of hydrogen-bond acceptors (Lipinski definition) is 5. The van der Waals surface area contributed by atoms with Crippen LogP contribution in [0.25, 0.3) is 11.4 Å². The standard InChI is InChI=1S/C16H22N4O2/c1-2-3-9-22-14-6-4-5-13(12-14)15-17-16(19-18-15)20-7-10-21-11-8-20/h4-6,12H,2-3,7-11H2,1H3,(H,17,18,19). The van der Waals surface area contributed by atoms with Crippen molar-refractivity contribution < 1.29 is 9.47 Å². The van der Waals surface area contributed by atoms with Gasteiger partial charge in [-0.05, 0) is 18.6 Å². The number of nitrogens with one attached hydrogen (secondary N) is 1. The highest BCUT2D eigenvalue weighted by Crippen LogP contribution is 2.23. The van der Waals surface area contributed by atoms with Crippen molar-refractivity contribution in [3.8, 4) is 17.1 Å². The summed E-state index contributed by atoms with van der Waals surface area (Å²) in [7, 11) is 0. The SMILES string of the molecule is CCCCOc1cccc(-c2nc(N3CCOCC3)n[nH]2)c1. The highest BCUT2D eigenvalue weighted by atomic mass is 16.5. The molecule has 6 heteroatoms. The lowest BCUT2D eigenvalue weighted by Gasteiger charge is -2.25. The van der Waals surface area contributed by atoms with Crippen LogP contribution in [0, 0.1) is 0 Å². The molecule has 0 saturated carbocycles. The average molecular weight is 302 g/mol. The van der Waals surface area contributed by atoms with Crippen LogP contribution in [-0.4, -0.2) is 48.1 Å². The van der Waals surface area contributed by atoms with Crippen molar-refractivity contribution in [2.24, 2.45) is 0 Å². The minimum absolute atomic E-state index is 0.727. The summed E-state index contributed by atoms with van der Waals surface area (Å²) in [4.78, 5) is 6.72. The van der Waals surface area contributed by atoms with Crippen LogP contribution in [0.15, 0.2) is 24.3 Å². The van der Waals surface area contributed by atoms with E-state index in [0.29, 0.717) is 0 Å². The van der Waals surface area contributed by atoms with Gasteiger partial charge >= 0.3 is 0 Å². The van der Waals surface area contributed by atoms with Crippen molar-refractivity contribution in [2.45, 2.75) is 19.8 Å². The number of hydrogen-bond donors (Lipinski definition) is 1. The molecule has 1 N–H and O–H groups in total. The largest absolute Gasteiger partial charge is 0.494 e. The number of benzene rings is 1. The van der Waals surface area contributed by atoms with Crippen LogP contribution >= 0.6 is 0 Å². The molecule has 2 heterocycles. The lowest BCUT2D eigenvalue weighted by Crippen LogP contribution is -2.36. The molecule has 1 saturated heterocycles. The first-order valence-corrected chi connectivity index (χ1v) is 7.85. The van der Waals surface area contributed by atoms with Crippen LogP contribution in [0.3, 0.4) is 0 Å². The maximum atomic E-state index is 5.74. The van der Waals surface area contributed by atoms with Gasteiger partial charge in [0.2, 0.25) is 5.95 Å². The number of unbranched alkanes of at least 4 members (excludes halogenated alkanes) is 1. The van der Waals surface area contributed by atoms with E-state index in [1.54, 1.807) is 0 Å². The first-order valence-electron chi connectivity index (χ1n) is 7.85. The van der Waals surface area contributed by atoms with E-state index in [-0.39, 0.29) is 0 Å². The van der Waals surface area contributed by atoms with Gasteiger partial charge in [0, 0.05) is 18.7 Å². The zero-order valence-electron chi connectivity index (χ0n) is 12.9. The molecule has 22 heavy (non-hydrogen) atoms. The average Bonchev–Trinajstić information content (AvgIpc) is 3.06. The van der Waals surface area contributed by atoms with E-state index in [9.17, 15) is 0 Å². The molecule has 0 atom stereocenters. The molecule has 0 aliphatic carbocycles. The summed E-state index contributed by atoms with van der Waals surface area (Å²) in [5.41, 5.74) is 0.987. The molecule has 0 amide bonds. The van der Waals surface area contributed by atoms with Gasteiger partial charge in [-0.15, -0.1) is 5.10 Å². The minimum atomic E-state index is 0.727. The molecule has 2 aromatic rings. The number of anilines is 1. The van der Waals surface area contributed by atoms with E-state index in [1.807, 2.05) is 24.3 Å². The van der Waals surface area contributed by atoms with Crippen LogP contribution in [0.1, 0.15) is 19.8 Å². The molecule has 6 nitrogen and oxygen atoms in total. The Balaban J connectivity index is 1.71. The number of ether oxygens (including phenoxy) is 2. The number of morpholine rings is 1. The van der Waals surface area contributed by atoms with Crippen molar-refractivity contribution >= 4 is 5.95 Å². The second-order valence-electron chi connectivity index (χ2n) is 5.31. The van der Waals surface area contributed by atoms with E-state index in [1.165, 1.54) is 0 Å². The van der Waals surface area contributed by atoms with Crippen molar-refractivity contribution in [3.63, 3.8) is 0 Å². The van der Waals surface area contributed by atoms with Gasteiger partial charge in [-0.2, -0.15) is 4.98 Å². The van der Waals surface area contributed by atoms with Crippen LogP contribution < -0.4 is 9.64 Å². The van der Waals surface area contributed by atoms with Gasteiger partial charge in [-0.25, -0.2) is 0 Å². The fourth-order valence-corrected chi connectivity index (χ4v) is 2.35. The highest BCUT2D eigenvalue weighted by Gasteiger charge is 2.16. The summed E-state index contributed by atoms with van der Waals surface area (Å²) in [6, 6.07) is 7.96. The third-order valence-corrected chi connectivity index (χ3v) is 3.64. The predicted octanol–water partition coefficient (Wildman–Crippen LogP) is 2.49. The molecule has 1 aliphatic heterocycles. The van der Waals surface area contributed by atoms with Gasteiger partial charge in [0.15, 0.2) is 5.82 Å². The van der Waals surface area contributed by atoms with Gasteiger partial charge in [0.25, 0.3) is 0 Å². The molecule has 1 fully saturated rings. The number of aromatic nitrogens is 3. The summed E-state index contributed by atoms with van der Waals surface area (Å²) < 4.78 is 11.1. The third-order valence-electron chi connectivity index (χ3n) is 3.64. The summed E-state index contributed by atoms with van der Waals surface area (Å²) in [6.45, 7) is 6.01. The number of nitrogens with zero attached hydrogens (tertiary/aromatic N) is 3. The monoisotopic (exact) mass is 302 g/mol. The molecule has 0 spiro atoms. The Labute approximate surface area is 130 Å². The fourth-order valence-electron chi connectivity index (χ4n) is 2.35. The summed E-state index contributed by atoms with van der Waals surface area (Å²) >= 11 is 0. The quantitative estimate of drug-likeness (QED) is 0.831. The van der Waals surface area contributed by atoms with E-state index < -0.39 is 0 Å². The maximum absolute atomic E-state index is 5.74. The predicted molar refractivity (Wildman–Crippen MR) is 85.3 cm³/mol. The minimum Gasteiger partial charge on any atom is -0.494 e. The molecular weight excluding hydrogens is 280 g/mol. The zero-order valence-corrected chi connectivity index (χ0v) is 12.9. The van der Waals surface area contributed by atoms with Crippen LogP contribution in [0.5, 0.6) is 5.75 Å². The number of rotatable bonds is 6. The first kappa shape index (κ1) is 14.8. The van der Waals surface area contributed by atoms with Crippen LogP contribution in [0.4, 0.5) is 5.95 Å². The summed E-state index contributed by atoms with van der Waals surface area (Å²) in [5, 5.41) is 7.33. The smallest absolute Gasteiger partial charge is 0.245 e. The lowest BCUT2D eigenvalue weighted by molar-refractivity contribution is 0.122. The normalized spacial score (nSPS) is 15.0. The maximum Gasteiger partial charge on any atom is 0.245 e. The Bertz CT molecular complexity index is 593. The Kier molecular flexibility index (Phi) is 4.90. The zero-order chi connectivity index (χ0) is 15.2. The van der Waals surface area contributed by atoms with E-state index in [0.717, 1.165) is 68.8 Å². The van der Waals surface area contributed by atoms with E-state index >= 15 is 0 Å². The molecule has 3 rings (SSSR count). The topological polar surface area (TPSA) is 63.3 Å². The molecule has 1 aromatic carbocycles. The molecule has 0 bridgehead atoms.